The molecule has 0 bridgehead atoms. The van der Waals surface area contributed by atoms with Crippen LogP contribution in [0, 0.1) is 0 Å². The normalized spacial score (nSPS) is 10.5. The summed E-state index contributed by atoms with van der Waals surface area (Å²) in [4.78, 5) is 10.7. The largest absolute Gasteiger partial charge is 0.507 e. The molecule has 0 saturated heterocycles. The summed E-state index contributed by atoms with van der Waals surface area (Å²) < 4.78 is 0.841. The third-order valence-corrected chi connectivity index (χ3v) is 2.63. The fourth-order valence-electron chi connectivity index (χ4n) is 1.43. The number of aromatic carboxylic acids is 1. The number of fused-ring (bicyclic) bond motifs is 1. The fraction of sp³-hybridized carbons (Fsp3) is 0. The summed E-state index contributed by atoms with van der Waals surface area (Å²) in [5.74, 6) is -1.07. The van der Waals surface area contributed by atoms with Crippen molar-refractivity contribution in [2.24, 2.45) is 0 Å². The van der Waals surface area contributed by atoms with E-state index in [1.54, 1.807) is 18.2 Å². The molecule has 4 heteroatoms. The molecule has 0 atom stereocenters. The number of carbonyl (C=O) groups is 1. The Bertz CT molecular complexity index is 549. The molecule has 0 aromatic heterocycles. The number of carboxylic acid groups (broad SMARTS) is 1. The molecule has 0 spiro atoms. The molecule has 2 rings (SSSR count). The molecule has 0 amide bonds. The average Bonchev–Trinajstić information content (AvgIpc) is 2.18. The zero-order chi connectivity index (χ0) is 11.0. The van der Waals surface area contributed by atoms with Crippen LogP contribution in [-0.4, -0.2) is 16.2 Å². The predicted octanol–water partition coefficient (Wildman–Crippen LogP) is 3.01. The lowest BCUT2D eigenvalue weighted by molar-refractivity contribution is 0.0696. The minimum atomic E-state index is -1.05. The number of aromatic hydroxyl groups is 1. The van der Waals surface area contributed by atoms with E-state index in [4.69, 9.17) is 5.11 Å². The minimum absolute atomic E-state index is 0.0220. The van der Waals surface area contributed by atoms with Crippen LogP contribution in [0.1, 0.15) is 10.4 Å². The first-order valence-electron chi connectivity index (χ1n) is 4.23. The van der Waals surface area contributed by atoms with Gasteiger partial charge in [0.2, 0.25) is 0 Å². The van der Waals surface area contributed by atoms with Crippen molar-refractivity contribution in [3.63, 3.8) is 0 Å². The quantitative estimate of drug-likeness (QED) is 0.834. The Morgan fingerprint density at radius 1 is 1.20 bits per heavy atom. The fourth-order valence-corrected chi connectivity index (χ4v) is 1.79. The molecule has 2 aromatic carbocycles. The molecule has 0 unspecified atom stereocenters. The van der Waals surface area contributed by atoms with Gasteiger partial charge in [-0.2, -0.15) is 0 Å². The van der Waals surface area contributed by atoms with E-state index in [1.165, 1.54) is 12.1 Å². The van der Waals surface area contributed by atoms with Crippen molar-refractivity contribution in [2.75, 3.05) is 0 Å². The molecule has 0 aliphatic carbocycles. The number of carboxylic acids is 1. The maximum atomic E-state index is 10.7. The van der Waals surface area contributed by atoms with Crippen molar-refractivity contribution in [3.05, 3.63) is 40.4 Å². The average molecular weight is 267 g/mol. The Hall–Kier alpha value is -1.55. The highest BCUT2D eigenvalue weighted by Crippen LogP contribution is 2.29. The SMILES string of the molecule is O=C(O)c1cc(O)c2cc(Br)ccc2c1. The van der Waals surface area contributed by atoms with Crippen molar-refractivity contribution in [2.45, 2.75) is 0 Å². The first-order valence-corrected chi connectivity index (χ1v) is 5.03. The van der Waals surface area contributed by atoms with Gasteiger partial charge in [-0.1, -0.05) is 22.0 Å². The molecular weight excluding hydrogens is 260 g/mol. The van der Waals surface area contributed by atoms with Crippen LogP contribution in [0.4, 0.5) is 0 Å². The van der Waals surface area contributed by atoms with Gasteiger partial charge in [-0.3, -0.25) is 0 Å². The van der Waals surface area contributed by atoms with Crippen molar-refractivity contribution in [1.82, 2.24) is 0 Å². The van der Waals surface area contributed by atoms with Crippen LogP contribution >= 0.6 is 15.9 Å². The topological polar surface area (TPSA) is 57.5 Å². The summed E-state index contributed by atoms with van der Waals surface area (Å²) in [7, 11) is 0. The molecule has 0 aliphatic rings. The van der Waals surface area contributed by atoms with Gasteiger partial charge < -0.3 is 10.2 Å². The zero-order valence-electron chi connectivity index (χ0n) is 7.57. The Morgan fingerprint density at radius 2 is 1.93 bits per heavy atom. The molecule has 0 radical (unpaired) electrons. The van der Waals surface area contributed by atoms with Crippen LogP contribution in [0.25, 0.3) is 10.8 Å². The first kappa shape index (κ1) is 9.98. The van der Waals surface area contributed by atoms with E-state index in [9.17, 15) is 9.90 Å². The van der Waals surface area contributed by atoms with Crippen LogP contribution in [0.15, 0.2) is 34.8 Å². The van der Waals surface area contributed by atoms with Gasteiger partial charge in [-0.05, 0) is 29.7 Å². The Labute approximate surface area is 94.1 Å². The number of benzene rings is 2. The second-order valence-electron chi connectivity index (χ2n) is 3.17. The van der Waals surface area contributed by atoms with Crippen LogP contribution < -0.4 is 0 Å². The highest BCUT2D eigenvalue weighted by Gasteiger charge is 2.08. The number of hydrogen-bond acceptors (Lipinski definition) is 2. The molecule has 15 heavy (non-hydrogen) atoms. The van der Waals surface area contributed by atoms with Gasteiger partial charge in [0, 0.05) is 9.86 Å². The van der Waals surface area contributed by atoms with E-state index in [-0.39, 0.29) is 11.3 Å². The number of phenolic OH excluding ortho intramolecular Hbond substituents is 1. The van der Waals surface area contributed by atoms with E-state index in [0.717, 1.165) is 4.47 Å². The maximum absolute atomic E-state index is 10.7. The molecule has 0 heterocycles. The predicted molar refractivity (Wildman–Crippen MR) is 60.3 cm³/mol. The number of phenols is 1. The Morgan fingerprint density at radius 3 is 2.60 bits per heavy atom. The van der Waals surface area contributed by atoms with E-state index in [1.807, 2.05) is 0 Å². The van der Waals surface area contributed by atoms with Crippen molar-refractivity contribution >= 4 is 32.7 Å². The second-order valence-corrected chi connectivity index (χ2v) is 4.08. The monoisotopic (exact) mass is 266 g/mol. The number of rotatable bonds is 1. The van der Waals surface area contributed by atoms with Gasteiger partial charge in [-0.15, -0.1) is 0 Å². The summed E-state index contributed by atoms with van der Waals surface area (Å²) >= 11 is 3.29. The van der Waals surface area contributed by atoms with Crippen LogP contribution in [-0.2, 0) is 0 Å². The Balaban J connectivity index is 2.78. The Kier molecular flexibility index (Phi) is 2.36. The van der Waals surface area contributed by atoms with Gasteiger partial charge in [0.05, 0.1) is 5.56 Å². The zero-order valence-corrected chi connectivity index (χ0v) is 9.15. The van der Waals surface area contributed by atoms with Crippen molar-refractivity contribution in [3.8, 4) is 5.75 Å². The lowest BCUT2D eigenvalue weighted by Crippen LogP contribution is -1.95. The molecule has 2 N–H and O–H groups in total. The van der Waals surface area contributed by atoms with Crippen LogP contribution in [0.3, 0.4) is 0 Å². The maximum Gasteiger partial charge on any atom is 0.335 e. The molecular formula is C11H7BrO3. The summed E-state index contributed by atoms with van der Waals surface area (Å²) in [5, 5.41) is 19.8. The lowest BCUT2D eigenvalue weighted by Gasteiger charge is -2.03. The van der Waals surface area contributed by atoms with Crippen LogP contribution in [0.5, 0.6) is 5.75 Å². The standard InChI is InChI=1S/C11H7BrO3/c12-8-2-1-6-3-7(11(14)15)4-10(13)9(6)5-8/h1-5,13H,(H,14,15). The van der Waals surface area contributed by atoms with Gasteiger partial charge in [0.15, 0.2) is 0 Å². The summed E-state index contributed by atoms with van der Waals surface area (Å²) in [6.45, 7) is 0. The van der Waals surface area contributed by atoms with Crippen molar-refractivity contribution < 1.29 is 15.0 Å². The number of hydrogen-bond donors (Lipinski definition) is 2. The highest BCUT2D eigenvalue weighted by atomic mass is 79.9. The van der Waals surface area contributed by atoms with E-state index < -0.39 is 5.97 Å². The van der Waals surface area contributed by atoms with Crippen molar-refractivity contribution in [1.29, 1.82) is 0 Å². The summed E-state index contributed by atoms with van der Waals surface area (Å²) in [5.41, 5.74) is 0.0855. The molecule has 2 aromatic rings. The smallest absolute Gasteiger partial charge is 0.335 e. The van der Waals surface area contributed by atoms with Gasteiger partial charge >= 0.3 is 5.97 Å². The van der Waals surface area contributed by atoms with E-state index in [2.05, 4.69) is 15.9 Å². The van der Waals surface area contributed by atoms with E-state index in [0.29, 0.717) is 10.8 Å². The number of halogens is 1. The molecule has 0 fully saturated rings. The summed E-state index contributed by atoms with van der Waals surface area (Å²) in [6.07, 6.45) is 0. The first-order chi connectivity index (χ1) is 7.08. The molecule has 3 nitrogen and oxygen atoms in total. The van der Waals surface area contributed by atoms with Gasteiger partial charge in [0.1, 0.15) is 5.75 Å². The van der Waals surface area contributed by atoms with Crippen LogP contribution in [0.2, 0.25) is 0 Å². The third-order valence-electron chi connectivity index (χ3n) is 2.14. The molecule has 76 valence electrons. The van der Waals surface area contributed by atoms with Gasteiger partial charge in [-0.25, -0.2) is 4.79 Å². The second kappa shape index (κ2) is 3.55. The van der Waals surface area contributed by atoms with Gasteiger partial charge in [0.25, 0.3) is 0 Å². The molecule has 0 aliphatic heterocycles. The molecule has 0 saturated carbocycles. The lowest BCUT2D eigenvalue weighted by atomic mass is 10.1. The van der Waals surface area contributed by atoms with E-state index >= 15 is 0 Å². The summed E-state index contributed by atoms with van der Waals surface area (Å²) in [6, 6.07) is 8.08. The minimum Gasteiger partial charge on any atom is -0.507 e. The third kappa shape index (κ3) is 1.80. The highest BCUT2D eigenvalue weighted by molar-refractivity contribution is 9.10.